The highest BCUT2D eigenvalue weighted by Gasteiger charge is 2.23. The van der Waals surface area contributed by atoms with Crippen LogP contribution in [0.4, 0.5) is 0 Å². The molecule has 7 heteroatoms. The third-order valence-electron chi connectivity index (χ3n) is 3.72. The van der Waals surface area contributed by atoms with Crippen LogP contribution in [0.25, 0.3) is 10.2 Å². The van der Waals surface area contributed by atoms with Gasteiger partial charge in [-0.2, -0.15) is 0 Å². The topological polar surface area (TPSA) is 64.0 Å². The molecule has 5 nitrogen and oxygen atoms in total. The van der Waals surface area contributed by atoms with E-state index in [1.165, 1.54) is 23.1 Å². The van der Waals surface area contributed by atoms with Crippen molar-refractivity contribution in [2.24, 2.45) is 0 Å². The van der Waals surface area contributed by atoms with Crippen LogP contribution in [-0.2, 0) is 11.3 Å². The van der Waals surface area contributed by atoms with Gasteiger partial charge in [0.05, 0.1) is 10.6 Å². The van der Waals surface area contributed by atoms with Crippen LogP contribution in [0.3, 0.4) is 0 Å². The zero-order valence-electron chi connectivity index (χ0n) is 15.6. The number of amides is 1. The fraction of sp³-hybridized carbons (Fsp3) is 0.500. The fourth-order valence-electron chi connectivity index (χ4n) is 2.37. The molecule has 1 amide bonds. The maximum absolute atomic E-state index is 12.9. The first-order chi connectivity index (χ1) is 11.5. The molecule has 25 heavy (non-hydrogen) atoms. The van der Waals surface area contributed by atoms with Crippen LogP contribution in [0.5, 0.6) is 0 Å². The number of hydrogen-bond donors (Lipinski definition) is 1. The highest BCUT2D eigenvalue weighted by Crippen LogP contribution is 2.29. The van der Waals surface area contributed by atoms with Gasteiger partial charge in [-0.05, 0) is 47.1 Å². The lowest BCUT2D eigenvalue weighted by Gasteiger charge is -2.23. The van der Waals surface area contributed by atoms with E-state index in [9.17, 15) is 9.59 Å². The number of carbonyl (C=O) groups is 1. The number of carbonyl (C=O) groups excluding carboxylic acids is 1. The molecule has 0 aliphatic carbocycles. The Labute approximate surface area is 156 Å². The van der Waals surface area contributed by atoms with Gasteiger partial charge in [0.25, 0.3) is 5.56 Å². The Morgan fingerprint density at radius 1 is 1.44 bits per heavy atom. The van der Waals surface area contributed by atoms with Crippen molar-refractivity contribution < 1.29 is 4.79 Å². The minimum absolute atomic E-state index is 0.0716. The van der Waals surface area contributed by atoms with Gasteiger partial charge < -0.3 is 5.32 Å². The number of allylic oxidation sites excluding steroid dienone is 1. The summed E-state index contributed by atoms with van der Waals surface area (Å²) in [6, 6.07) is 0. The molecule has 0 fully saturated rings. The summed E-state index contributed by atoms with van der Waals surface area (Å²) in [4.78, 5) is 31.8. The minimum atomic E-state index is -0.359. The van der Waals surface area contributed by atoms with E-state index in [0.29, 0.717) is 17.1 Å². The number of aromatic nitrogens is 2. The number of fused-ring (bicyclic) bond motifs is 1. The van der Waals surface area contributed by atoms with Gasteiger partial charge in [-0.25, -0.2) is 4.98 Å². The maximum Gasteiger partial charge on any atom is 0.263 e. The normalized spacial score (nSPS) is 13.0. The first-order valence-corrected chi connectivity index (χ1v) is 9.85. The minimum Gasteiger partial charge on any atom is -0.351 e. The molecule has 0 aliphatic heterocycles. The third-order valence-corrected chi connectivity index (χ3v) is 5.91. The Morgan fingerprint density at radius 3 is 2.64 bits per heavy atom. The van der Waals surface area contributed by atoms with E-state index < -0.39 is 0 Å². The van der Waals surface area contributed by atoms with E-state index in [4.69, 9.17) is 0 Å². The molecular formula is C18H25N3O2S2. The smallest absolute Gasteiger partial charge is 0.263 e. The van der Waals surface area contributed by atoms with Crippen LogP contribution < -0.4 is 10.9 Å². The summed E-state index contributed by atoms with van der Waals surface area (Å²) in [5, 5.41) is 3.82. The molecule has 1 atom stereocenters. The Kier molecular flexibility index (Phi) is 5.79. The predicted octanol–water partition coefficient (Wildman–Crippen LogP) is 3.66. The van der Waals surface area contributed by atoms with Crippen molar-refractivity contribution in [2.45, 2.75) is 64.0 Å². The van der Waals surface area contributed by atoms with Crippen molar-refractivity contribution in [2.75, 3.05) is 0 Å². The second kappa shape index (κ2) is 7.33. The van der Waals surface area contributed by atoms with Crippen molar-refractivity contribution in [3.63, 3.8) is 0 Å². The van der Waals surface area contributed by atoms with E-state index in [2.05, 4.69) is 16.9 Å². The van der Waals surface area contributed by atoms with Gasteiger partial charge in [0.2, 0.25) is 5.91 Å². The summed E-state index contributed by atoms with van der Waals surface area (Å²) >= 11 is 2.82. The van der Waals surface area contributed by atoms with Crippen LogP contribution >= 0.6 is 23.1 Å². The second-order valence-corrected chi connectivity index (χ2v) is 9.57. The predicted molar refractivity (Wildman–Crippen MR) is 107 cm³/mol. The lowest BCUT2D eigenvalue weighted by atomic mass is 10.1. The van der Waals surface area contributed by atoms with Gasteiger partial charge in [-0.15, -0.1) is 17.9 Å². The Bertz CT molecular complexity index is 875. The SMILES string of the molecule is C=CCn1c(S[C@@H](C)C(=O)NC(C)(C)C)nc2sc(C)c(C)c2c1=O. The van der Waals surface area contributed by atoms with Crippen LogP contribution in [0.2, 0.25) is 0 Å². The number of nitrogens with one attached hydrogen (secondary N) is 1. The molecule has 2 aromatic rings. The fourth-order valence-corrected chi connectivity index (χ4v) is 4.36. The molecule has 2 heterocycles. The van der Waals surface area contributed by atoms with Crippen molar-refractivity contribution in [1.82, 2.24) is 14.9 Å². The zero-order valence-corrected chi connectivity index (χ0v) is 17.2. The summed E-state index contributed by atoms with van der Waals surface area (Å²) in [7, 11) is 0. The van der Waals surface area contributed by atoms with Crippen molar-refractivity contribution >= 4 is 39.2 Å². The van der Waals surface area contributed by atoms with Gasteiger partial charge >= 0.3 is 0 Å². The van der Waals surface area contributed by atoms with Crippen molar-refractivity contribution in [3.8, 4) is 0 Å². The second-order valence-electron chi connectivity index (χ2n) is 7.06. The van der Waals surface area contributed by atoms with Gasteiger partial charge in [0.15, 0.2) is 5.16 Å². The number of thiophene rings is 1. The molecule has 0 spiro atoms. The third kappa shape index (κ3) is 4.33. The van der Waals surface area contributed by atoms with Crippen molar-refractivity contribution in [1.29, 1.82) is 0 Å². The molecule has 0 saturated carbocycles. The molecule has 0 saturated heterocycles. The first-order valence-electron chi connectivity index (χ1n) is 8.15. The monoisotopic (exact) mass is 379 g/mol. The van der Waals surface area contributed by atoms with Crippen LogP contribution in [0.1, 0.15) is 38.1 Å². The molecule has 0 unspecified atom stereocenters. The van der Waals surface area contributed by atoms with E-state index in [0.717, 1.165) is 15.3 Å². The molecule has 2 rings (SSSR count). The van der Waals surface area contributed by atoms with Crippen LogP contribution in [0, 0.1) is 13.8 Å². The average Bonchev–Trinajstić information content (AvgIpc) is 2.76. The summed E-state index contributed by atoms with van der Waals surface area (Å²) in [5.41, 5.74) is 0.606. The first kappa shape index (κ1) is 19.7. The lowest BCUT2D eigenvalue weighted by molar-refractivity contribution is -0.121. The quantitative estimate of drug-likeness (QED) is 0.489. The summed E-state index contributed by atoms with van der Waals surface area (Å²) in [6.07, 6.45) is 1.67. The number of aryl methyl sites for hydroxylation is 2. The van der Waals surface area contributed by atoms with Crippen LogP contribution in [-0.4, -0.2) is 26.2 Å². The standard InChI is InChI=1S/C18H25N3O2S2/c1-8-9-21-16(23)13-10(2)11(3)24-15(13)19-17(21)25-12(4)14(22)20-18(5,6)7/h8,12H,1,9H2,2-7H3,(H,20,22)/t12-/m0/s1. The molecule has 0 aliphatic rings. The Morgan fingerprint density at radius 2 is 2.08 bits per heavy atom. The lowest BCUT2D eigenvalue weighted by Crippen LogP contribution is -2.44. The van der Waals surface area contributed by atoms with Gasteiger partial charge in [-0.3, -0.25) is 14.2 Å². The highest BCUT2D eigenvalue weighted by atomic mass is 32.2. The van der Waals surface area contributed by atoms with Crippen molar-refractivity contribution in [3.05, 3.63) is 33.4 Å². The molecule has 2 aromatic heterocycles. The maximum atomic E-state index is 12.9. The summed E-state index contributed by atoms with van der Waals surface area (Å²) < 4.78 is 1.60. The highest BCUT2D eigenvalue weighted by molar-refractivity contribution is 8.00. The van der Waals surface area contributed by atoms with E-state index in [1.807, 2.05) is 41.5 Å². The van der Waals surface area contributed by atoms with Crippen LogP contribution in [0.15, 0.2) is 22.6 Å². The number of hydrogen-bond acceptors (Lipinski definition) is 5. The number of rotatable bonds is 5. The number of nitrogens with zero attached hydrogens (tertiary/aromatic N) is 2. The molecule has 1 N–H and O–H groups in total. The average molecular weight is 380 g/mol. The van der Waals surface area contributed by atoms with E-state index in [-0.39, 0.29) is 22.3 Å². The largest absolute Gasteiger partial charge is 0.351 e. The Balaban J connectivity index is 2.46. The van der Waals surface area contributed by atoms with Gasteiger partial charge in [-0.1, -0.05) is 17.8 Å². The summed E-state index contributed by atoms with van der Waals surface area (Å²) in [5.74, 6) is -0.0736. The summed E-state index contributed by atoms with van der Waals surface area (Å²) in [6.45, 7) is 15.7. The zero-order chi connectivity index (χ0) is 18.9. The molecule has 0 aromatic carbocycles. The molecular weight excluding hydrogens is 354 g/mol. The van der Waals surface area contributed by atoms with Gasteiger partial charge in [0.1, 0.15) is 4.83 Å². The molecule has 0 radical (unpaired) electrons. The number of thioether (sulfide) groups is 1. The van der Waals surface area contributed by atoms with E-state index in [1.54, 1.807) is 10.6 Å². The molecule has 0 bridgehead atoms. The Hall–Kier alpha value is -1.60. The van der Waals surface area contributed by atoms with Gasteiger partial charge in [0, 0.05) is 17.0 Å². The van der Waals surface area contributed by atoms with E-state index >= 15 is 0 Å². The molecule has 136 valence electrons.